The van der Waals surface area contributed by atoms with Gasteiger partial charge in [-0.2, -0.15) is 0 Å². The topological polar surface area (TPSA) is 40.5 Å². The minimum absolute atomic E-state index is 0.438. The van der Waals surface area contributed by atoms with Crippen molar-refractivity contribution in [2.45, 2.75) is 25.3 Å². The van der Waals surface area contributed by atoms with Crippen LogP contribution in [0, 0.1) is 0 Å². The molecule has 0 aromatic rings. The summed E-state index contributed by atoms with van der Waals surface area (Å²) >= 11 is 0. The number of hydrogen-bond acceptors (Lipinski definition) is 2. The van der Waals surface area contributed by atoms with Crippen molar-refractivity contribution in [3.8, 4) is 0 Å². The lowest BCUT2D eigenvalue weighted by Crippen LogP contribution is -2.31. The van der Waals surface area contributed by atoms with Gasteiger partial charge in [0.25, 0.3) is 0 Å². The van der Waals surface area contributed by atoms with E-state index in [4.69, 9.17) is 10.2 Å². The molecule has 11 heavy (non-hydrogen) atoms. The highest BCUT2D eigenvalue weighted by Gasteiger charge is 2.28. The van der Waals surface area contributed by atoms with Gasteiger partial charge in [-0.3, -0.25) is 0 Å². The van der Waals surface area contributed by atoms with Crippen molar-refractivity contribution in [1.29, 1.82) is 0 Å². The molecule has 6 heteroatoms. The number of aliphatic hydroxyl groups is 2. The molecule has 0 aliphatic rings. The predicted molar refractivity (Wildman–Crippen MR) is 36.2 cm³/mol. The lowest BCUT2D eigenvalue weighted by atomic mass is 9.80. The molecule has 0 bridgehead atoms. The van der Waals surface area contributed by atoms with Gasteiger partial charge < -0.3 is 23.2 Å². The Morgan fingerprint density at radius 2 is 1.82 bits per heavy atom. The Balaban J connectivity index is 3.70. The van der Waals surface area contributed by atoms with Crippen LogP contribution in [-0.4, -0.2) is 29.4 Å². The first-order valence-corrected chi connectivity index (χ1v) is 3.31. The Morgan fingerprint density at radius 3 is 2.09 bits per heavy atom. The van der Waals surface area contributed by atoms with Gasteiger partial charge in [0.1, 0.15) is 0 Å². The zero-order chi connectivity index (χ0) is 9.12. The van der Waals surface area contributed by atoms with Gasteiger partial charge >= 0.3 is 6.98 Å². The number of rotatable bonds is 4. The third kappa shape index (κ3) is 6.18. The molecule has 0 radical (unpaired) electrons. The summed E-state index contributed by atoms with van der Waals surface area (Å²) in [6, 6.07) is 0. The molecular formula is C5H11BF3O2-. The average Bonchev–Trinajstić information content (AvgIpc) is 1.83. The molecule has 2 N–H and O–H groups in total. The molecule has 0 aromatic heterocycles. The van der Waals surface area contributed by atoms with Crippen molar-refractivity contribution in [2.24, 2.45) is 0 Å². The fraction of sp³-hybridized carbons (Fsp3) is 1.00. The van der Waals surface area contributed by atoms with E-state index >= 15 is 0 Å². The Labute approximate surface area is 63.1 Å². The molecule has 0 aromatic carbocycles. The summed E-state index contributed by atoms with van der Waals surface area (Å²) in [4.78, 5) is 0. The molecule has 68 valence electrons. The maximum atomic E-state index is 11.6. The van der Waals surface area contributed by atoms with Crippen LogP contribution in [0.4, 0.5) is 12.9 Å². The van der Waals surface area contributed by atoms with Crippen LogP contribution in [0.3, 0.4) is 0 Å². The summed E-state index contributed by atoms with van der Waals surface area (Å²) in [5.74, 6) is 0. The summed E-state index contributed by atoms with van der Waals surface area (Å²) in [5.41, 5.74) is -1.60. The van der Waals surface area contributed by atoms with Gasteiger partial charge in [0.05, 0.1) is 12.2 Å². The summed E-state index contributed by atoms with van der Waals surface area (Å²) in [7, 11) is 0. The van der Waals surface area contributed by atoms with E-state index in [0.29, 0.717) is 0 Å². The molecule has 0 fully saturated rings. The summed E-state index contributed by atoms with van der Waals surface area (Å²) in [6.07, 6.45) is -1.44. The highest BCUT2D eigenvalue weighted by atomic mass is 19.4. The van der Waals surface area contributed by atoms with Gasteiger partial charge in [-0.05, 0) is 13.3 Å². The normalized spacial score (nSPS) is 18.0. The van der Waals surface area contributed by atoms with Gasteiger partial charge in [0, 0.05) is 0 Å². The predicted octanol–water partition coefficient (Wildman–Crippen LogP) is 0.967. The van der Waals surface area contributed by atoms with Crippen LogP contribution in [0.2, 0.25) is 6.32 Å². The molecule has 0 amide bonds. The molecule has 1 atom stereocenters. The molecule has 0 aliphatic heterocycles. The largest absolute Gasteiger partial charge is 0.478 e. The van der Waals surface area contributed by atoms with Gasteiger partial charge in [-0.25, -0.2) is 0 Å². The van der Waals surface area contributed by atoms with Gasteiger partial charge in [-0.1, -0.05) is 6.32 Å². The number of halogens is 3. The van der Waals surface area contributed by atoms with Crippen LogP contribution < -0.4 is 0 Å². The first kappa shape index (κ1) is 10.8. The van der Waals surface area contributed by atoms with Gasteiger partial charge in [-0.15, -0.1) is 0 Å². The van der Waals surface area contributed by atoms with Crippen LogP contribution in [0.5, 0.6) is 0 Å². The minimum atomic E-state index is -4.85. The monoisotopic (exact) mass is 171 g/mol. The van der Waals surface area contributed by atoms with Crippen molar-refractivity contribution in [2.75, 3.05) is 6.61 Å². The van der Waals surface area contributed by atoms with Crippen molar-refractivity contribution >= 4 is 6.98 Å². The summed E-state index contributed by atoms with van der Waals surface area (Å²) in [6.45, 7) is -4.31. The van der Waals surface area contributed by atoms with E-state index in [0.717, 1.165) is 0 Å². The maximum Gasteiger partial charge on any atom is 0.478 e. The zero-order valence-corrected chi connectivity index (χ0v) is 6.23. The molecule has 1 unspecified atom stereocenters. The van der Waals surface area contributed by atoms with Gasteiger partial charge in [0.15, 0.2) is 0 Å². The van der Waals surface area contributed by atoms with Crippen LogP contribution in [0.15, 0.2) is 0 Å². The molecule has 0 rings (SSSR count). The van der Waals surface area contributed by atoms with Crippen molar-refractivity contribution in [3.63, 3.8) is 0 Å². The van der Waals surface area contributed by atoms with E-state index in [1.54, 1.807) is 0 Å². The number of aliphatic hydroxyl groups excluding tert-OH is 1. The molecule has 0 saturated heterocycles. The Morgan fingerprint density at radius 1 is 1.36 bits per heavy atom. The third-order valence-corrected chi connectivity index (χ3v) is 1.35. The lowest BCUT2D eigenvalue weighted by Gasteiger charge is -2.23. The molecular weight excluding hydrogens is 160 g/mol. The van der Waals surface area contributed by atoms with Crippen LogP contribution >= 0.6 is 0 Å². The standard InChI is InChI=1S/C5H11BF3O2/c1-5(11,4-10)2-3-6(7,8)9/h10-11H,2-4H2,1H3/q-1. The second-order valence-electron chi connectivity index (χ2n) is 2.90. The summed E-state index contributed by atoms with van der Waals surface area (Å²) < 4.78 is 34.8. The first-order valence-electron chi connectivity index (χ1n) is 3.31. The Kier molecular flexibility index (Phi) is 3.38. The third-order valence-electron chi connectivity index (χ3n) is 1.35. The Bertz CT molecular complexity index is 123. The van der Waals surface area contributed by atoms with Crippen LogP contribution in [0.25, 0.3) is 0 Å². The molecule has 0 spiro atoms. The van der Waals surface area contributed by atoms with E-state index in [2.05, 4.69) is 0 Å². The first-order chi connectivity index (χ1) is 4.77. The quantitative estimate of drug-likeness (QED) is 0.618. The average molecular weight is 171 g/mol. The van der Waals surface area contributed by atoms with E-state index in [9.17, 15) is 12.9 Å². The van der Waals surface area contributed by atoms with Crippen LogP contribution in [-0.2, 0) is 0 Å². The van der Waals surface area contributed by atoms with Crippen molar-refractivity contribution < 1.29 is 23.2 Å². The highest BCUT2D eigenvalue weighted by Crippen LogP contribution is 2.22. The fourth-order valence-electron chi connectivity index (χ4n) is 0.554. The SMILES string of the molecule is CC(O)(CO)CC[B-](F)(F)F. The smallest absolute Gasteiger partial charge is 0.449 e. The van der Waals surface area contributed by atoms with E-state index in [-0.39, 0.29) is 0 Å². The molecule has 0 heterocycles. The van der Waals surface area contributed by atoms with E-state index in [1.165, 1.54) is 6.92 Å². The van der Waals surface area contributed by atoms with E-state index < -0.39 is 31.9 Å². The maximum absolute atomic E-state index is 11.6. The number of hydrogen-bond donors (Lipinski definition) is 2. The fourth-order valence-corrected chi connectivity index (χ4v) is 0.554. The van der Waals surface area contributed by atoms with Crippen molar-refractivity contribution in [1.82, 2.24) is 0 Å². The van der Waals surface area contributed by atoms with E-state index in [1.807, 2.05) is 0 Å². The second kappa shape index (κ2) is 3.45. The second-order valence-corrected chi connectivity index (χ2v) is 2.90. The highest BCUT2D eigenvalue weighted by molar-refractivity contribution is 6.58. The molecule has 0 saturated carbocycles. The van der Waals surface area contributed by atoms with Crippen molar-refractivity contribution in [3.05, 3.63) is 0 Å². The Hall–Kier alpha value is -0.225. The van der Waals surface area contributed by atoms with Crippen LogP contribution in [0.1, 0.15) is 13.3 Å². The lowest BCUT2D eigenvalue weighted by molar-refractivity contribution is -0.00245. The summed E-state index contributed by atoms with van der Waals surface area (Å²) in [5, 5.41) is 17.3. The zero-order valence-electron chi connectivity index (χ0n) is 6.23. The minimum Gasteiger partial charge on any atom is -0.449 e. The molecule has 0 aliphatic carbocycles. The van der Waals surface area contributed by atoms with Gasteiger partial charge in [0.2, 0.25) is 0 Å². The molecule has 2 nitrogen and oxygen atoms in total.